The number of aliphatic hydroxyl groups excluding tert-OH is 1. The molecule has 2 rings (SSSR count). The lowest BCUT2D eigenvalue weighted by molar-refractivity contribution is -0.106. The van der Waals surface area contributed by atoms with Gasteiger partial charge >= 0.3 is 0 Å². The highest BCUT2D eigenvalue weighted by Crippen LogP contribution is 2.29. The number of hydrogen-bond donors (Lipinski definition) is 1. The van der Waals surface area contributed by atoms with Crippen molar-refractivity contribution in [2.45, 2.75) is 40.7 Å². The molecule has 26 heavy (non-hydrogen) atoms. The summed E-state index contributed by atoms with van der Waals surface area (Å²) < 4.78 is 5.20. The first-order valence-electron chi connectivity index (χ1n) is 8.74. The van der Waals surface area contributed by atoms with Gasteiger partial charge in [0.1, 0.15) is 6.29 Å². The molecule has 0 spiro atoms. The molecule has 2 aromatic carbocycles. The van der Waals surface area contributed by atoms with Crippen molar-refractivity contribution in [3.05, 3.63) is 71.3 Å². The number of aryl methyl sites for hydroxylation is 2. The van der Waals surface area contributed by atoms with Gasteiger partial charge in [-0.3, -0.25) is 0 Å². The van der Waals surface area contributed by atoms with Gasteiger partial charge in [0.05, 0.1) is 13.2 Å². The van der Waals surface area contributed by atoms with Crippen LogP contribution < -0.4 is 0 Å². The predicted molar refractivity (Wildman–Crippen MR) is 110 cm³/mol. The maximum atomic E-state index is 9.31. The maximum Gasteiger partial charge on any atom is 0.116 e. The molecule has 3 heteroatoms. The summed E-state index contributed by atoms with van der Waals surface area (Å²) in [5.74, 6) is 0. The Balaban J connectivity index is 0.000000918. The number of hydrogen-bond acceptors (Lipinski definition) is 3. The fourth-order valence-corrected chi connectivity index (χ4v) is 2.54. The molecule has 0 amide bonds. The van der Waals surface area contributed by atoms with Crippen molar-refractivity contribution in [2.75, 3.05) is 13.7 Å². The summed E-state index contributed by atoms with van der Waals surface area (Å²) >= 11 is 0. The Morgan fingerprint density at radius 3 is 2.15 bits per heavy atom. The first kappa shape index (κ1) is 23.8. The van der Waals surface area contributed by atoms with Gasteiger partial charge in [0.15, 0.2) is 0 Å². The second-order valence-corrected chi connectivity index (χ2v) is 5.85. The second kappa shape index (κ2) is 14.0. The fourth-order valence-electron chi connectivity index (χ4n) is 2.54. The van der Waals surface area contributed by atoms with Gasteiger partial charge in [0.2, 0.25) is 0 Å². The number of methoxy groups -OCH3 is 1. The third-order valence-corrected chi connectivity index (χ3v) is 3.60. The molecule has 0 atom stereocenters. The summed E-state index contributed by atoms with van der Waals surface area (Å²) in [7, 11) is 1.71. The number of aliphatic hydroxyl groups is 1. The van der Waals surface area contributed by atoms with Gasteiger partial charge in [0, 0.05) is 7.11 Å². The van der Waals surface area contributed by atoms with E-state index in [0.29, 0.717) is 6.61 Å². The molecule has 0 heterocycles. The van der Waals surface area contributed by atoms with Crippen molar-refractivity contribution >= 4 is 6.29 Å². The van der Waals surface area contributed by atoms with Crippen molar-refractivity contribution in [1.29, 1.82) is 0 Å². The quantitative estimate of drug-likeness (QED) is 0.602. The van der Waals surface area contributed by atoms with Gasteiger partial charge in [-0.1, -0.05) is 48.0 Å². The normalized spacial score (nSPS) is 9.31. The number of aldehydes is 1. The molecule has 0 unspecified atom stereocenters. The van der Waals surface area contributed by atoms with E-state index < -0.39 is 0 Å². The Bertz CT molecular complexity index is 669. The molecule has 0 aliphatic heterocycles. The zero-order valence-electron chi connectivity index (χ0n) is 16.7. The molecule has 0 aromatic heterocycles. The van der Waals surface area contributed by atoms with Crippen molar-refractivity contribution < 1.29 is 14.6 Å². The minimum absolute atomic E-state index is 0.0765. The average Bonchev–Trinajstić information content (AvgIpc) is 2.61. The number of carbonyl (C=O) groups excluding carboxylic acids is 1. The zero-order chi connectivity index (χ0) is 19.9. The Morgan fingerprint density at radius 1 is 1.08 bits per heavy atom. The van der Waals surface area contributed by atoms with E-state index in [2.05, 4.69) is 50.8 Å². The molecule has 142 valence electrons. The van der Waals surface area contributed by atoms with Crippen LogP contribution in [-0.2, 0) is 22.6 Å². The molecule has 0 saturated heterocycles. The second-order valence-electron chi connectivity index (χ2n) is 5.85. The minimum Gasteiger partial charge on any atom is -0.392 e. The molecule has 0 aliphatic carbocycles. The van der Waals surface area contributed by atoms with Crippen LogP contribution in [0.2, 0.25) is 0 Å². The Labute approximate surface area is 158 Å². The van der Waals surface area contributed by atoms with Gasteiger partial charge in [-0.15, -0.1) is 6.58 Å². The predicted octanol–water partition coefficient (Wildman–Crippen LogP) is 5.05. The molecular weight excluding hydrogens is 324 g/mol. The first-order valence-corrected chi connectivity index (χ1v) is 8.74. The number of allylic oxidation sites excluding steroid dienone is 1. The van der Waals surface area contributed by atoms with Gasteiger partial charge in [-0.05, 0) is 61.9 Å². The van der Waals surface area contributed by atoms with E-state index in [1.165, 1.54) is 34.7 Å². The van der Waals surface area contributed by atoms with Crippen LogP contribution in [0, 0.1) is 13.8 Å². The molecular formula is C23H32O3. The van der Waals surface area contributed by atoms with Crippen molar-refractivity contribution in [1.82, 2.24) is 0 Å². The van der Waals surface area contributed by atoms with Crippen molar-refractivity contribution in [2.24, 2.45) is 0 Å². The molecule has 0 saturated carbocycles. The maximum absolute atomic E-state index is 9.31. The van der Waals surface area contributed by atoms with E-state index in [0.717, 1.165) is 18.3 Å². The smallest absolute Gasteiger partial charge is 0.116 e. The molecule has 2 aromatic rings. The molecule has 3 nitrogen and oxygen atoms in total. The van der Waals surface area contributed by atoms with Crippen LogP contribution in [0.4, 0.5) is 0 Å². The van der Waals surface area contributed by atoms with Crippen LogP contribution in [0.25, 0.3) is 11.1 Å². The third-order valence-electron chi connectivity index (χ3n) is 3.60. The number of carbonyl (C=O) groups is 1. The fraction of sp³-hybridized carbons (Fsp3) is 0.348. The summed E-state index contributed by atoms with van der Waals surface area (Å²) in [6.45, 7) is 11.7. The highest BCUT2D eigenvalue weighted by molar-refractivity contribution is 5.71. The zero-order valence-corrected chi connectivity index (χ0v) is 16.7. The average molecular weight is 357 g/mol. The van der Waals surface area contributed by atoms with Crippen molar-refractivity contribution in [3.8, 4) is 11.1 Å². The van der Waals surface area contributed by atoms with Crippen LogP contribution in [-0.4, -0.2) is 25.1 Å². The molecule has 1 N–H and O–H groups in total. The number of ether oxygens (including phenoxy) is 1. The number of rotatable bonds is 5. The minimum atomic E-state index is 0.0765. The van der Waals surface area contributed by atoms with Gasteiger partial charge in [0.25, 0.3) is 0 Å². The van der Waals surface area contributed by atoms with E-state index in [1.807, 2.05) is 13.0 Å². The molecule has 0 radical (unpaired) electrons. The summed E-state index contributed by atoms with van der Waals surface area (Å²) in [6, 6.07) is 12.7. The summed E-state index contributed by atoms with van der Waals surface area (Å²) in [5.41, 5.74) is 7.22. The monoisotopic (exact) mass is 356 g/mol. The van der Waals surface area contributed by atoms with E-state index >= 15 is 0 Å². The Kier molecular flexibility index (Phi) is 12.8. The highest BCUT2D eigenvalue weighted by atomic mass is 16.5. The standard InChI is InChI=1S/C18H22O2.C3H6.C2H4O/c1-13-4-6-17(14(2)10-13)18-7-5-15(12-19)11-16(18)8-9-20-3;1-3-2;1-2-3/h4-7,10-11,19H,8-9,12H2,1-3H3;3H,1H2,2H3;2H,1H3. The Hall–Kier alpha value is -2.23. The van der Waals surface area contributed by atoms with Crippen LogP contribution in [0.1, 0.15) is 36.1 Å². The molecule has 0 fully saturated rings. The summed E-state index contributed by atoms with van der Waals surface area (Å²) in [5, 5.41) is 9.31. The van der Waals surface area contributed by atoms with E-state index in [4.69, 9.17) is 9.53 Å². The molecule has 0 bridgehead atoms. The molecule has 0 aliphatic rings. The highest BCUT2D eigenvalue weighted by Gasteiger charge is 2.09. The van der Waals surface area contributed by atoms with Crippen LogP contribution in [0.5, 0.6) is 0 Å². The van der Waals surface area contributed by atoms with E-state index in [1.54, 1.807) is 13.2 Å². The SMILES string of the molecule is C=CC.CC=O.COCCc1cc(CO)ccc1-c1ccc(C)cc1C. The van der Waals surface area contributed by atoms with Gasteiger partial charge < -0.3 is 14.6 Å². The van der Waals surface area contributed by atoms with E-state index in [-0.39, 0.29) is 6.61 Å². The van der Waals surface area contributed by atoms with Crippen LogP contribution in [0.3, 0.4) is 0 Å². The number of benzene rings is 2. The Morgan fingerprint density at radius 2 is 1.65 bits per heavy atom. The summed E-state index contributed by atoms with van der Waals surface area (Å²) in [6.07, 6.45) is 3.35. The topological polar surface area (TPSA) is 46.5 Å². The third kappa shape index (κ3) is 8.24. The van der Waals surface area contributed by atoms with E-state index in [9.17, 15) is 5.11 Å². The van der Waals surface area contributed by atoms with Gasteiger partial charge in [-0.2, -0.15) is 0 Å². The summed E-state index contributed by atoms with van der Waals surface area (Å²) in [4.78, 5) is 8.81. The van der Waals surface area contributed by atoms with Crippen LogP contribution >= 0.6 is 0 Å². The van der Waals surface area contributed by atoms with Crippen molar-refractivity contribution in [3.63, 3.8) is 0 Å². The lowest BCUT2D eigenvalue weighted by Gasteiger charge is -2.14. The largest absolute Gasteiger partial charge is 0.392 e. The lowest BCUT2D eigenvalue weighted by Crippen LogP contribution is -1.99. The first-order chi connectivity index (χ1) is 12.5. The van der Waals surface area contributed by atoms with Gasteiger partial charge in [-0.25, -0.2) is 0 Å². The van der Waals surface area contributed by atoms with Crippen LogP contribution in [0.15, 0.2) is 49.1 Å². The lowest BCUT2D eigenvalue weighted by atomic mass is 9.92.